The van der Waals surface area contributed by atoms with Gasteiger partial charge in [0.25, 0.3) is 0 Å². The maximum absolute atomic E-state index is 12.8. The molecule has 0 aliphatic carbocycles. The molecule has 1 fully saturated rings. The lowest BCUT2D eigenvalue weighted by Crippen LogP contribution is -2.48. The van der Waals surface area contributed by atoms with E-state index < -0.39 is 10.0 Å². The molecule has 1 aliphatic heterocycles. The highest BCUT2D eigenvalue weighted by molar-refractivity contribution is 7.92. The molecule has 172 valence electrons. The average molecular weight is 465 g/mol. The second-order valence-electron chi connectivity index (χ2n) is 7.86. The van der Waals surface area contributed by atoms with Gasteiger partial charge in [-0.25, -0.2) is 18.4 Å². The molecule has 0 unspecified atom stereocenters. The molecule has 2 heterocycles. The van der Waals surface area contributed by atoms with Gasteiger partial charge in [-0.1, -0.05) is 29.8 Å². The molecule has 7 nitrogen and oxygen atoms in total. The van der Waals surface area contributed by atoms with E-state index >= 15 is 0 Å². The van der Waals surface area contributed by atoms with Crippen molar-refractivity contribution in [2.45, 2.75) is 13.8 Å². The number of aryl methyl sites for hydroxylation is 1. The highest BCUT2D eigenvalue weighted by Crippen LogP contribution is 2.24. The number of ether oxygens (including phenoxy) is 1. The second kappa shape index (κ2) is 10.1. The fourth-order valence-corrected chi connectivity index (χ4v) is 4.84. The molecule has 33 heavy (non-hydrogen) atoms. The zero-order valence-corrected chi connectivity index (χ0v) is 19.7. The molecule has 8 heteroatoms. The van der Waals surface area contributed by atoms with Gasteiger partial charge in [0.1, 0.15) is 17.9 Å². The third kappa shape index (κ3) is 5.77. The Hall–Kier alpha value is -3.23. The van der Waals surface area contributed by atoms with Crippen molar-refractivity contribution in [2.24, 2.45) is 0 Å². The fourth-order valence-electron chi connectivity index (χ4n) is 3.67. The van der Waals surface area contributed by atoms with E-state index in [1.165, 1.54) is 9.71 Å². The van der Waals surface area contributed by atoms with E-state index in [2.05, 4.69) is 14.9 Å². The van der Waals surface area contributed by atoms with E-state index in [-0.39, 0.29) is 0 Å². The number of nitrogens with zero attached hydrogens (tertiary/aromatic N) is 4. The molecular formula is C25H28N4O3S. The van der Waals surface area contributed by atoms with Gasteiger partial charge in [-0.2, -0.15) is 4.31 Å². The Balaban J connectivity index is 1.40. The average Bonchev–Trinajstić information content (AvgIpc) is 2.85. The number of hydrogen-bond donors (Lipinski definition) is 0. The Morgan fingerprint density at radius 1 is 0.970 bits per heavy atom. The second-order valence-corrected chi connectivity index (χ2v) is 9.68. The maximum Gasteiger partial charge on any atom is 0.236 e. The zero-order chi connectivity index (χ0) is 23.3. The van der Waals surface area contributed by atoms with Gasteiger partial charge in [-0.15, -0.1) is 0 Å². The van der Waals surface area contributed by atoms with E-state index in [1.807, 2.05) is 68.4 Å². The minimum Gasteiger partial charge on any atom is -0.494 e. The fraction of sp³-hybridized carbons (Fsp3) is 0.280. The van der Waals surface area contributed by atoms with Crippen LogP contribution in [0.25, 0.3) is 17.3 Å². The van der Waals surface area contributed by atoms with Crippen molar-refractivity contribution in [3.8, 4) is 17.0 Å². The summed E-state index contributed by atoms with van der Waals surface area (Å²) in [5.41, 5.74) is 3.80. The van der Waals surface area contributed by atoms with E-state index in [9.17, 15) is 8.42 Å². The molecule has 3 aromatic rings. The number of hydrogen-bond acceptors (Lipinski definition) is 6. The highest BCUT2D eigenvalue weighted by Gasteiger charge is 2.25. The van der Waals surface area contributed by atoms with Crippen LogP contribution < -0.4 is 9.64 Å². The minimum atomic E-state index is -3.48. The number of anilines is 1. The predicted octanol–water partition coefficient (Wildman–Crippen LogP) is 3.97. The molecule has 0 saturated carbocycles. The van der Waals surface area contributed by atoms with Crippen LogP contribution in [0.4, 0.5) is 5.82 Å². The van der Waals surface area contributed by atoms with Crippen molar-refractivity contribution < 1.29 is 13.2 Å². The molecule has 0 radical (unpaired) electrons. The van der Waals surface area contributed by atoms with E-state index in [4.69, 9.17) is 4.74 Å². The van der Waals surface area contributed by atoms with Crippen LogP contribution in [0.2, 0.25) is 0 Å². The summed E-state index contributed by atoms with van der Waals surface area (Å²) in [4.78, 5) is 10.9. The number of aromatic nitrogens is 2. The van der Waals surface area contributed by atoms with Gasteiger partial charge < -0.3 is 9.64 Å². The summed E-state index contributed by atoms with van der Waals surface area (Å²) in [7, 11) is -3.48. The monoisotopic (exact) mass is 464 g/mol. The van der Waals surface area contributed by atoms with Crippen LogP contribution in [0.1, 0.15) is 18.1 Å². The first-order valence-corrected chi connectivity index (χ1v) is 12.5. The van der Waals surface area contributed by atoms with Crippen molar-refractivity contribution in [1.82, 2.24) is 14.3 Å². The molecule has 1 aliphatic rings. The quantitative estimate of drug-likeness (QED) is 0.527. The molecule has 0 amide bonds. The Labute approximate surface area is 195 Å². The molecule has 1 aromatic heterocycles. The Morgan fingerprint density at radius 3 is 2.33 bits per heavy atom. The molecule has 2 aromatic carbocycles. The summed E-state index contributed by atoms with van der Waals surface area (Å²) < 4.78 is 32.6. The summed E-state index contributed by atoms with van der Waals surface area (Å²) >= 11 is 0. The number of benzene rings is 2. The number of rotatable bonds is 7. The van der Waals surface area contributed by atoms with Crippen molar-refractivity contribution in [2.75, 3.05) is 37.7 Å². The van der Waals surface area contributed by atoms with Gasteiger partial charge in [0.2, 0.25) is 10.0 Å². The molecule has 0 atom stereocenters. The van der Waals surface area contributed by atoms with Crippen molar-refractivity contribution in [1.29, 1.82) is 0 Å². The van der Waals surface area contributed by atoms with Gasteiger partial charge in [-0.3, -0.25) is 0 Å². The lowest BCUT2D eigenvalue weighted by Gasteiger charge is -2.34. The van der Waals surface area contributed by atoms with Crippen molar-refractivity contribution >= 4 is 21.9 Å². The van der Waals surface area contributed by atoms with Crippen LogP contribution in [0.15, 0.2) is 66.3 Å². The minimum absolute atomic E-state index is 0.406. The normalized spacial score (nSPS) is 15.2. The van der Waals surface area contributed by atoms with Gasteiger partial charge >= 0.3 is 0 Å². The highest BCUT2D eigenvalue weighted by atomic mass is 32.2. The van der Waals surface area contributed by atoms with Crippen molar-refractivity contribution in [3.63, 3.8) is 0 Å². The molecular weight excluding hydrogens is 436 g/mol. The third-order valence-corrected chi connectivity index (χ3v) is 7.11. The summed E-state index contributed by atoms with van der Waals surface area (Å²) in [6.07, 6.45) is 3.20. The summed E-state index contributed by atoms with van der Waals surface area (Å²) in [5.74, 6) is 1.62. The standard InChI is InChI=1S/C25H28N4O3S/c1-3-32-23-10-8-22(9-11-23)24-18-25(27-19-26-24)28-13-15-29(16-14-28)33(30,31)17-12-21-6-4-20(2)5-7-21/h4-12,17-19H,3,13-16H2,1-2H3/b17-12+. The zero-order valence-electron chi connectivity index (χ0n) is 18.9. The van der Waals surface area contributed by atoms with Crippen LogP contribution in [0.3, 0.4) is 0 Å². The SMILES string of the molecule is CCOc1ccc(-c2cc(N3CCN(S(=O)(=O)/C=C/c4ccc(C)cc4)CC3)ncn2)cc1. The van der Waals surface area contributed by atoms with E-state index in [0.29, 0.717) is 32.8 Å². The predicted molar refractivity (Wildman–Crippen MR) is 132 cm³/mol. The molecule has 1 saturated heterocycles. The van der Waals surface area contributed by atoms with Crippen LogP contribution in [-0.4, -0.2) is 55.5 Å². The van der Waals surface area contributed by atoms with Gasteiger partial charge in [0, 0.05) is 43.2 Å². The number of piperazine rings is 1. The first-order valence-electron chi connectivity index (χ1n) is 11.0. The van der Waals surface area contributed by atoms with Crippen molar-refractivity contribution in [3.05, 3.63) is 77.5 Å². The lowest BCUT2D eigenvalue weighted by atomic mass is 10.1. The lowest BCUT2D eigenvalue weighted by molar-refractivity contribution is 0.340. The molecule has 0 bridgehead atoms. The smallest absolute Gasteiger partial charge is 0.236 e. The first kappa shape index (κ1) is 22.9. The summed E-state index contributed by atoms with van der Waals surface area (Å²) in [6, 6.07) is 17.5. The molecule has 0 N–H and O–H groups in total. The van der Waals surface area contributed by atoms with Crippen LogP contribution in [-0.2, 0) is 10.0 Å². The first-order chi connectivity index (χ1) is 15.9. The van der Waals surface area contributed by atoms with Crippen LogP contribution in [0, 0.1) is 6.92 Å². The molecule has 0 spiro atoms. The van der Waals surface area contributed by atoms with Crippen LogP contribution >= 0.6 is 0 Å². The van der Waals surface area contributed by atoms with Gasteiger partial charge in [0.15, 0.2) is 0 Å². The topological polar surface area (TPSA) is 75.6 Å². The maximum atomic E-state index is 12.8. The number of sulfonamides is 1. The van der Waals surface area contributed by atoms with Crippen LogP contribution in [0.5, 0.6) is 5.75 Å². The largest absolute Gasteiger partial charge is 0.494 e. The Kier molecular flexibility index (Phi) is 7.05. The summed E-state index contributed by atoms with van der Waals surface area (Å²) in [6.45, 7) is 6.53. The van der Waals surface area contributed by atoms with E-state index in [0.717, 1.165) is 34.0 Å². The third-order valence-electron chi connectivity index (χ3n) is 5.55. The van der Waals surface area contributed by atoms with Gasteiger partial charge in [-0.05, 0) is 49.8 Å². The van der Waals surface area contributed by atoms with Gasteiger partial charge in [0.05, 0.1) is 12.3 Å². The summed E-state index contributed by atoms with van der Waals surface area (Å²) in [5, 5.41) is 1.29. The molecule has 4 rings (SSSR count). The Morgan fingerprint density at radius 2 is 1.67 bits per heavy atom. The Bertz CT molecular complexity index is 1200. The van der Waals surface area contributed by atoms with E-state index in [1.54, 1.807) is 12.4 Å².